The average Bonchev–Trinajstić information content (AvgIpc) is 2.80. The Labute approximate surface area is 120 Å². The lowest BCUT2D eigenvalue weighted by molar-refractivity contribution is 0.0912. The lowest BCUT2D eigenvalue weighted by Crippen LogP contribution is -2.38. The first kappa shape index (κ1) is 14.1. The third kappa shape index (κ3) is 3.16. The number of carbonyl (C=O) groups is 1. The van der Waals surface area contributed by atoms with Gasteiger partial charge in [-0.2, -0.15) is 0 Å². The maximum absolute atomic E-state index is 12.1. The molecule has 0 aliphatic rings. The lowest BCUT2D eigenvalue weighted by Gasteiger charge is -2.18. The van der Waals surface area contributed by atoms with Gasteiger partial charge in [-0.05, 0) is 37.1 Å². The summed E-state index contributed by atoms with van der Waals surface area (Å²) in [5, 5.41) is 12.9. The number of aromatic amines is 1. The summed E-state index contributed by atoms with van der Waals surface area (Å²) < 4.78 is 0.980. The van der Waals surface area contributed by atoms with Gasteiger partial charge in [-0.25, -0.2) is 0 Å². The van der Waals surface area contributed by atoms with Gasteiger partial charge in [0, 0.05) is 28.0 Å². The van der Waals surface area contributed by atoms with Crippen LogP contribution in [0.4, 0.5) is 0 Å². The quantitative estimate of drug-likeness (QED) is 0.809. The van der Waals surface area contributed by atoms with Crippen LogP contribution >= 0.6 is 15.9 Å². The molecular formula is C14H17BrN2O2. The number of halogens is 1. The molecular weight excluding hydrogens is 308 g/mol. The molecule has 0 bridgehead atoms. The highest BCUT2D eigenvalue weighted by molar-refractivity contribution is 9.10. The number of aromatic nitrogens is 1. The van der Waals surface area contributed by atoms with Gasteiger partial charge in [-0.1, -0.05) is 22.9 Å². The molecule has 3 N–H and O–H groups in total. The summed E-state index contributed by atoms with van der Waals surface area (Å²) in [4.78, 5) is 15.2. The summed E-state index contributed by atoms with van der Waals surface area (Å²) >= 11 is 3.41. The van der Waals surface area contributed by atoms with Crippen molar-refractivity contribution < 1.29 is 9.90 Å². The molecule has 0 aliphatic heterocycles. The van der Waals surface area contributed by atoms with Crippen molar-refractivity contribution in [3.05, 3.63) is 34.4 Å². The number of benzene rings is 1. The Bertz CT molecular complexity index is 594. The van der Waals surface area contributed by atoms with Gasteiger partial charge in [0.2, 0.25) is 0 Å². The highest BCUT2D eigenvalue weighted by Crippen LogP contribution is 2.20. The average molecular weight is 325 g/mol. The molecule has 2 aromatic rings. The SMILES string of the molecule is CC(CO)C(C)NC(=O)c1cc2cc(Br)ccc2[nH]1. The Morgan fingerprint density at radius 2 is 2.16 bits per heavy atom. The highest BCUT2D eigenvalue weighted by atomic mass is 79.9. The highest BCUT2D eigenvalue weighted by Gasteiger charge is 2.16. The fraction of sp³-hybridized carbons (Fsp3) is 0.357. The van der Waals surface area contributed by atoms with Gasteiger partial charge in [0.25, 0.3) is 5.91 Å². The topological polar surface area (TPSA) is 65.1 Å². The normalized spacial score (nSPS) is 14.3. The molecule has 2 atom stereocenters. The first-order valence-electron chi connectivity index (χ1n) is 6.21. The summed E-state index contributed by atoms with van der Waals surface area (Å²) in [7, 11) is 0. The number of fused-ring (bicyclic) bond motifs is 1. The minimum absolute atomic E-state index is 0.0301. The predicted molar refractivity (Wildman–Crippen MR) is 79.2 cm³/mol. The summed E-state index contributed by atoms with van der Waals surface area (Å²) in [6.45, 7) is 3.84. The van der Waals surface area contributed by atoms with E-state index in [2.05, 4.69) is 26.2 Å². The zero-order valence-corrected chi connectivity index (χ0v) is 12.5. The zero-order chi connectivity index (χ0) is 14.0. The molecule has 1 aromatic carbocycles. The van der Waals surface area contributed by atoms with Crippen molar-refractivity contribution in [3.63, 3.8) is 0 Å². The van der Waals surface area contributed by atoms with Crippen LogP contribution in [-0.2, 0) is 0 Å². The first-order chi connectivity index (χ1) is 9.01. The molecule has 0 spiro atoms. The minimum Gasteiger partial charge on any atom is -0.396 e. The number of amides is 1. The van der Waals surface area contributed by atoms with Gasteiger partial charge >= 0.3 is 0 Å². The van der Waals surface area contributed by atoms with Crippen LogP contribution in [-0.4, -0.2) is 28.6 Å². The van der Waals surface area contributed by atoms with E-state index >= 15 is 0 Å². The van der Waals surface area contributed by atoms with Gasteiger partial charge < -0.3 is 15.4 Å². The molecule has 1 amide bonds. The third-order valence-electron chi connectivity index (χ3n) is 3.33. The molecule has 4 nitrogen and oxygen atoms in total. The van der Waals surface area contributed by atoms with E-state index in [-0.39, 0.29) is 24.5 Å². The van der Waals surface area contributed by atoms with Crippen molar-refractivity contribution in [2.45, 2.75) is 19.9 Å². The second-order valence-corrected chi connectivity index (χ2v) is 5.75. The number of hydrogen-bond donors (Lipinski definition) is 3. The Hall–Kier alpha value is -1.33. The molecule has 19 heavy (non-hydrogen) atoms. The number of hydrogen-bond acceptors (Lipinski definition) is 2. The molecule has 0 saturated heterocycles. The Kier molecular flexibility index (Phi) is 4.27. The van der Waals surface area contributed by atoms with E-state index in [1.165, 1.54) is 0 Å². The van der Waals surface area contributed by atoms with Crippen LogP contribution in [0.25, 0.3) is 10.9 Å². The number of carbonyl (C=O) groups excluding carboxylic acids is 1. The summed E-state index contributed by atoms with van der Waals surface area (Å²) in [6, 6.07) is 7.57. The molecule has 0 saturated carbocycles. The standard InChI is InChI=1S/C14H17BrN2O2/c1-8(7-18)9(2)16-14(19)13-6-10-5-11(15)3-4-12(10)17-13/h3-6,8-9,17-18H,7H2,1-2H3,(H,16,19). The van der Waals surface area contributed by atoms with Crippen LogP contribution in [0.1, 0.15) is 24.3 Å². The summed E-state index contributed by atoms with van der Waals surface area (Å²) in [5.74, 6) is -0.123. The maximum Gasteiger partial charge on any atom is 0.267 e. The number of aliphatic hydroxyl groups is 1. The lowest BCUT2D eigenvalue weighted by atomic mass is 10.1. The second-order valence-electron chi connectivity index (χ2n) is 4.84. The van der Waals surface area contributed by atoms with Gasteiger partial charge in [-0.15, -0.1) is 0 Å². The van der Waals surface area contributed by atoms with E-state index in [4.69, 9.17) is 5.11 Å². The van der Waals surface area contributed by atoms with E-state index in [0.29, 0.717) is 5.69 Å². The van der Waals surface area contributed by atoms with Crippen LogP contribution in [0.15, 0.2) is 28.7 Å². The minimum atomic E-state index is -0.153. The first-order valence-corrected chi connectivity index (χ1v) is 7.00. The maximum atomic E-state index is 12.1. The zero-order valence-electron chi connectivity index (χ0n) is 10.9. The van der Waals surface area contributed by atoms with Gasteiger partial charge in [0.15, 0.2) is 0 Å². The van der Waals surface area contributed by atoms with Crippen LogP contribution in [0.2, 0.25) is 0 Å². The molecule has 1 heterocycles. The van der Waals surface area contributed by atoms with Crippen molar-refractivity contribution in [3.8, 4) is 0 Å². The van der Waals surface area contributed by atoms with E-state index < -0.39 is 0 Å². The van der Waals surface area contributed by atoms with E-state index in [1.54, 1.807) is 0 Å². The number of aliphatic hydroxyl groups excluding tert-OH is 1. The molecule has 2 rings (SSSR count). The Morgan fingerprint density at radius 3 is 2.84 bits per heavy atom. The predicted octanol–water partition coefficient (Wildman–Crippen LogP) is 2.68. The number of H-pyrrole nitrogens is 1. The fourth-order valence-electron chi connectivity index (χ4n) is 1.81. The van der Waals surface area contributed by atoms with Gasteiger partial charge in [0.1, 0.15) is 5.69 Å². The largest absolute Gasteiger partial charge is 0.396 e. The molecule has 102 valence electrons. The molecule has 2 unspecified atom stereocenters. The van der Waals surface area contributed by atoms with Crippen molar-refractivity contribution in [2.75, 3.05) is 6.61 Å². The number of rotatable bonds is 4. The third-order valence-corrected chi connectivity index (χ3v) is 3.82. The summed E-state index contributed by atoms with van der Waals surface area (Å²) in [6.07, 6.45) is 0. The van der Waals surface area contributed by atoms with Crippen LogP contribution in [0.3, 0.4) is 0 Å². The van der Waals surface area contributed by atoms with Crippen molar-refractivity contribution in [1.82, 2.24) is 10.3 Å². The Balaban J connectivity index is 2.17. The van der Waals surface area contributed by atoms with Gasteiger partial charge in [0.05, 0.1) is 0 Å². The van der Waals surface area contributed by atoms with E-state index in [1.807, 2.05) is 38.1 Å². The van der Waals surface area contributed by atoms with Crippen LogP contribution in [0, 0.1) is 5.92 Å². The monoisotopic (exact) mass is 324 g/mol. The number of nitrogens with one attached hydrogen (secondary N) is 2. The van der Waals surface area contributed by atoms with E-state index in [0.717, 1.165) is 15.4 Å². The fourth-order valence-corrected chi connectivity index (χ4v) is 2.19. The second kappa shape index (κ2) is 5.75. The van der Waals surface area contributed by atoms with Crippen LogP contribution < -0.4 is 5.32 Å². The molecule has 0 fully saturated rings. The molecule has 5 heteroatoms. The van der Waals surface area contributed by atoms with Crippen molar-refractivity contribution in [2.24, 2.45) is 5.92 Å². The molecule has 0 aliphatic carbocycles. The Morgan fingerprint density at radius 1 is 1.42 bits per heavy atom. The smallest absolute Gasteiger partial charge is 0.267 e. The van der Waals surface area contributed by atoms with Gasteiger partial charge in [-0.3, -0.25) is 4.79 Å². The van der Waals surface area contributed by atoms with Crippen molar-refractivity contribution in [1.29, 1.82) is 0 Å². The molecule has 1 aromatic heterocycles. The molecule has 0 radical (unpaired) electrons. The summed E-state index contributed by atoms with van der Waals surface area (Å²) in [5.41, 5.74) is 1.46. The van der Waals surface area contributed by atoms with E-state index in [9.17, 15) is 4.79 Å². The van der Waals surface area contributed by atoms with Crippen molar-refractivity contribution >= 4 is 32.7 Å². The van der Waals surface area contributed by atoms with Crippen LogP contribution in [0.5, 0.6) is 0 Å².